The Hall–Kier alpha value is -2.01. The minimum atomic E-state index is -0.164. The van der Waals surface area contributed by atoms with E-state index in [1.165, 1.54) is 12.1 Å². The summed E-state index contributed by atoms with van der Waals surface area (Å²) in [6.45, 7) is 4.10. The van der Waals surface area contributed by atoms with Crippen LogP contribution in [0.5, 0.6) is 0 Å². The number of aromatic nitrogens is 2. The lowest BCUT2D eigenvalue weighted by Crippen LogP contribution is -2.22. The molecule has 0 radical (unpaired) electrons. The summed E-state index contributed by atoms with van der Waals surface area (Å²) in [4.78, 5) is 21.0. The van der Waals surface area contributed by atoms with Crippen molar-refractivity contribution in [1.29, 1.82) is 0 Å². The summed E-state index contributed by atoms with van der Waals surface area (Å²) in [5, 5.41) is 0. The molecule has 4 nitrogen and oxygen atoms in total. The van der Waals surface area contributed by atoms with E-state index in [9.17, 15) is 9.18 Å². The lowest BCUT2D eigenvalue weighted by molar-refractivity contribution is 0.320. The number of nitrogens with one attached hydrogen (secondary N) is 1. The summed E-state index contributed by atoms with van der Waals surface area (Å²) >= 11 is 0. The summed E-state index contributed by atoms with van der Waals surface area (Å²) in [5.74, 6) is 0.795. The smallest absolute Gasteiger partial charge is 0.251 e. The number of benzene rings is 1. The van der Waals surface area contributed by atoms with Gasteiger partial charge in [-0.3, -0.25) is 9.69 Å². The molecule has 5 heteroatoms. The molecule has 0 amide bonds. The van der Waals surface area contributed by atoms with Crippen molar-refractivity contribution in [2.75, 3.05) is 13.1 Å². The van der Waals surface area contributed by atoms with Crippen molar-refractivity contribution in [3.8, 4) is 0 Å². The number of rotatable bonds is 3. The molecule has 2 aromatic rings. The van der Waals surface area contributed by atoms with E-state index >= 15 is 0 Å². The quantitative estimate of drug-likeness (QED) is 0.941. The fraction of sp³-hybridized carbons (Fsp3) is 0.375. The van der Waals surface area contributed by atoms with E-state index in [-0.39, 0.29) is 17.3 Å². The second-order valence-corrected chi connectivity index (χ2v) is 5.58. The highest BCUT2D eigenvalue weighted by molar-refractivity contribution is 5.17. The van der Waals surface area contributed by atoms with Crippen LogP contribution in [0.25, 0.3) is 0 Å². The van der Waals surface area contributed by atoms with Crippen LogP contribution in [0.15, 0.2) is 35.1 Å². The standard InChI is InChI=1S/C16H18FN3O/c1-11-8-15(21)19-16(18-11)13-6-7-20(10-13)9-12-4-2-3-5-14(12)17/h2-5,8,13H,6-7,9-10H2,1H3,(H,18,19,21). The van der Waals surface area contributed by atoms with E-state index in [1.54, 1.807) is 6.07 Å². The molecule has 3 rings (SSSR count). The molecule has 1 aromatic carbocycles. The average molecular weight is 287 g/mol. The zero-order valence-corrected chi connectivity index (χ0v) is 12.0. The highest BCUT2D eigenvalue weighted by Crippen LogP contribution is 2.25. The van der Waals surface area contributed by atoms with Crippen molar-refractivity contribution in [2.45, 2.75) is 25.8 Å². The Balaban J connectivity index is 1.71. The number of hydrogen-bond acceptors (Lipinski definition) is 3. The van der Waals surface area contributed by atoms with E-state index in [4.69, 9.17) is 0 Å². The maximum Gasteiger partial charge on any atom is 0.251 e. The molecule has 1 fully saturated rings. The van der Waals surface area contributed by atoms with E-state index < -0.39 is 0 Å². The second kappa shape index (κ2) is 5.77. The van der Waals surface area contributed by atoms with Gasteiger partial charge in [-0.1, -0.05) is 18.2 Å². The van der Waals surface area contributed by atoms with Crippen molar-refractivity contribution < 1.29 is 4.39 Å². The van der Waals surface area contributed by atoms with E-state index in [0.717, 1.165) is 31.0 Å². The first-order valence-corrected chi connectivity index (χ1v) is 7.15. The highest BCUT2D eigenvalue weighted by Gasteiger charge is 2.26. The third-order valence-corrected chi connectivity index (χ3v) is 3.90. The number of hydrogen-bond donors (Lipinski definition) is 1. The average Bonchev–Trinajstić information content (AvgIpc) is 2.89. The molecule has 0 aliphatic carbocycles. The summed E-state index contributed by atoms with van der Waals surface area (Å²) in [6, 6.07) is 8.35. The Bertz CT molecular complexity index is 698. The number of aryl methyl sites for hydroxylation is 1. The monoisotopic (exact) mass is 287 g/mol. The largest absolute Gasteiger partial charge is 0.310 e. The summed E-state index contributed by atoms with van der Waals surface area (Å²) in [5.41, 5.74) is 1.34. The summed E-state index contributed by atoms with van der Waals surface area (Å²) < 4.78 is 13.7. The molecule has 0 saturated carbocycles. The maximum atomic E-state index is 13.7. The Labute approximate surface area is 122 Å². The molecule has 2 heterocycles. The number of H-pyrrole nitrogens is 1. The first-order valence-electron chi connectivity index (χ1n) is 7.15. The minimum Gasteiger partial charge on any atom is -0.310 e. The number of likely N-dealkylation sites (tertiary alicyclic amines) is 1. The van der Waals surface area contributed by atoms with Crippen molar-refractivity contribution in [2.24, 2.45) is 0 Å². The van der Waals surface area contributed by atoms with Gasteiger partial charge in [-0.05, 0) is 26.0 Å². The van der Waals surface area contributed by atoms with Crippen LogP contribution in [-0.4, -0.2) is 28.0 Å². The predicted octanol–water partition coefficient (Wildman–Crippen LogP) is 2.21. The molecule has 110 valence electrons. The van der Waals surface area contributed by atoms with Gasteiger partial charge in [-0.25, -0.2) is 9.37 Å². The van der Waals surface area contributed by atoms with Gasteiger partial charge in [0.25, 0.3) is 5.56 Å². The van der Waals surface area contributed by atoms with Gasteiger partial charge >= 0.3 is 0 Å². The minimum absolute atomic E-state index is 0.106. The van der Waals surface area contributed by atoms with Crippen LogP contribution in [-0.2, 0) is 6.54 Å². The van der Waals surface area contributed by atoms with Crippen molar-refractivity contribution in [3.05, 3.63) is 63.6 Å². The fourth-order valence-electron chi connectivity index (χ4n) is 2.86. The number of halogens is 1. The summed E-state index contributed by atoms with van der Waals surface area (Å²) in [6.07, 6.45) is 0.931. The predicted molar refractivity (Wildman–Crippen MR) is 78.6 cm³/mol. The molecule has 21 heavy (non-hydrogen) atoms. The van der Waals surface area contributed by atoms with Crippen molar-refractivity contribution in [3.63, 3.8) is 0 Å². The van der Waals surface area contributed by atoms with Crippen molar-refractivity contribution in [1.82, 2.24) is 14.9 Å². The van der Waals surface area contributed by atoms with E-state index in [2.05, 4.69) is 14.9 Å². The molecule has 1 atom stereocenters. The first kappa shape index (κ1) is 13.9. The molecule has 1 N–H and O–H groups in total. The molecule has 1 aromatic heterocycles. The maximum absolute atomic E-state index is 13.7. The SMILES string of the molecule is Cc1cc(=O)[nH]c(C2CCN(Cc3ccccc3F)C2)n1. The Kier molecular flexibility index (Phi) is 3.84. The second-order valence-electron chi connectivity index (χ2n) is 5.58. The lowest BCUT2D eigenvalue weighted by Gasteiger charge is -2.16. The van der Waals surface area contributed by atoms with Crippen LogP contribution in [0, 0.1) is 12.7 Å². The zero-order chi connectivity index (χ0) is 14.8. The molecular formula is C16H18FN3O. The van der Waals surface area contributed by atoms with Gasteiger partial charge in [0.2, 0.25) is 0 Å². The van der Waals surface area contributed by atoms with Crippen LogP contribution in [0.3, 0.4) is 0 Å². The molecule has 1 aliphatic heterocycles. The van der Waals surface area contributed by atoms with E-state index in [0.29, 0.717) is 12.1 Å². The van der Waals surface area contributed by atoms with Crippen LogP contribution >= 0.6 is 0 Å². The van der Waals surface area contributed by atoms with Crippen LogP contribution < -0.4 is 5.56 Å². The Morgan fingerprint density at radius 1 is 1.43 bits per heavy atom. The van der Waals surface area contributed by atoms with Gasteiger partial charge in [-0.2, -0.15) is 0 Å². The molecule has 1 saturated heterocycles. The molecule has 0 bridgehead atoms. The van der Waals surface area contributed by atoms with Crippen LogP contribution in [0.4, 0.5) is 4.39 Å². The first-order chi connectivity index (χ1) is 10.1. The van der Waals surface area contributed by atoms with Gasteiger partial charge in [0.05, 0.1) is 0 Å². The normalized spacial score (nSPS) is 19.0. The van der Waals surface area contributed by atoms with Gasteiger partial charge in [0.15, 0.2) is 0 Å². The van der Waals surface area contributed by atoms with Gasteiger partial charge in [0, 0.05) is 36.3 Å². The topological polar surface area (TPSA) is 49.0 Å². The highest BCUT2D eigenvalue weighted by atomic mass is 19.1. The van der Waals surface area contributed by atoms with Gasteiger partial charge < -0.3 is 4.98 Å². The van der Waals surface area contributed by atoms with Crippen molar-refractivity contribution >= 4 is 0 Å². The number of nitrogens with zero attached hydrogens (tertiary/aromatic N) is 2. The Morgan fingerprint density at radius 2 is 2.24 bits per heavy atom. The molecule has 1 unspecified atom stereocenters. The fourth-order valence-corrected chi connectivity index (χ4v) is 2.86. The van der Waals surface area contributed by atoms with E-state index in [1.807, 2.05) is 19.1 Å². The van der Waals surface area contributed by atoms with Crippen LogP contribution in [0.2, 0.25) is 0 Å². The Morgan fingerprint density at radius 3 is 3.00 bits per heavy atom. The molecular weight excluding hydrogens is 269 g/mol. The van der Waals surface area contributed by atoms with Gasteiger partial charge in [0.1, 0.15) is 11.6 Å². The van der Waals surface area contributed by atoms with Crippen LogP contribution in [0.1, 0.15) is 29.4 Å². The van der Waals surface area contributed by atoms with Gasteiger partial charge in [-0.15, -0.1) is 0 Å². The molecule has 0 spiro atoms. The third kappa shape index (κ3) is 3.19. The summed E-state index contributed by atoms with van der Waals surface area (Å²) in [7, 11) is 0. The zero-order valence-electron chi connectivity index (χ0n) is 12.0. The number of aromatic amines is 1. The lowest BCUT2D eigenvalue weighted by atomic mass is 10.1. The molecule has 1 aliphatic rings. The third-order valence-electron chi connectivity index (χ3n) is 3.90.